The molecule has 0 N–H and O–H groups in total. The molecule has 0 aliphatic carbocycles. The standard InChI is InChI=1S/C30H17ClO2/c31-25-16-15-21(30-28(25)24-10-2-4-14-27(24)33-30)19-8-5-7-18(17-19)20-11-6-12-23-22-9-1-3-13-26(22)32-29(20)23/h1-17H/i1D,2D,3D,4D,5D,6D,7D,8D,9D,10D,11D,12D,13D,14D,15D,16D,17D. The summed E-state index contributed by atoms with van der Waals surface area (Å²) < 4.78 is 157. The Labute approximate surface area is 218 Å². The van der Waals surface area contributed by atoms with Crippen molar-refractivity contribution < 1.29 is 32.1 Å². The molecule has 5 aromatic carbocycles. The molecule has 0 radical (unpaired) electrons. The summed E-state index contributed by atoms with van der Waals surface area (Å²) in [5, 5.41) is -1.52. The van der Waals surface area contributed by atoms with Crippen LogP contribution in [0.1, 0.15) is 23.3 Å². The van der Waals surface area contributed by atoms with Gasteiger partial charge in [0, 0.05) is 32.7 Å². The van der Waals surface area contributed by atoms with Crippen LogP contribution >= 0.6 is 11.6 Å². The fourth-order valence-corrected chi connectivity index (χ4v) is 3.94. The number of fused-ring (bicyclic) bond motifs is 6. The Balaban J connectivity index is 1.71. The number of para-hydroxylation sites is 3. The lowest BCUT2D eigenvalue weighted by atomic mass is 9.96. The van der Waals surface area contributed by atoms with Gasteiger partial charge in [0.1, 0.15) is 22.3 Å². The Morgan fingerprint density at radius 1 is 0.545 bits per heavy atom. The zero-order valence-electron chi connectivity index (χ0n) is 33.2. The van der Waals surface area contributed by atoms with Crippen LogP contribution in [-0.2, 0) is 0 Å². The molecule has 0 aliphatic rings. The summed E-state index contributed by atoms with van der Waals surface area (Å²) in [6.45, 7) is 0. The lowest BCUT2D eigenvalue weighted by Gasteiger charge is -2.08. The van der Waals surface area contributed by atoms with E-state index in [1.54, 1.807) is 0 Å². The minimum Gasteiger partial charge on any atom is -0.455 e. The molecule has 0 spiro atoms. The van der Waals surface area contributed by atoms with Crippen molar-refractivity contribution in [3.8, 4) is 22.3 Å². The summed E-state index contributed by atoms with van der Waals surface area (Å²) in [5.74, 6) is 0. The van der Waals surface area contributed by atoms with E-state index in [0.29, 0.717) is 0 Å². The van der Waals surface area contributed by atoms with E-state index in [-0.39, 0.29) is 21.5 Å². The monoisotopic (exact) mass is 461 g/mol. The molecule has 0 amide bonds. The maximum absolute atomic E-state index is 9.32. The van der Waals surface area contributed by atoms with Gasteiger partial charge in [0.25, 0.3) is 0 Å². The normalized spacial score (nSPS) is 19.0. The molecule has 0 atom stereocenters. The smallest absolute Gasteiger partial charge is 0.144 e. The average Bonchev–Trinajstić information content (AvgIpc) is 3.68. The van der Waals surface area contributed by atoms with Crippen LogP contribution in [0.2, 0.25) is 5.02 Å². The zero-order chi connectivity index (χ0) is 36.7. The number of benzene rings is 5. The van der Waals surface area contributed by atoms with Crippen LogP contribution in [0.25, 0.3) is 66.1 Å². The summed E-state index contributed by atoms with van der Waals surface area (Å²) >= 11 is 6.48. The number of rotatable bonds is 2. The summed E-state index contributed by atoms with van der Waals surface area (Å²) in [5.41, 5.74) is -3.94. The molecule has 2 nitrogen and oxygen atoms in total. The van der Waals surface area contributed by atoms with Crippen molar-refractivity contribution in [2.24, 2.45) is 0 Å². The Hall–Kier alpha value is -4.01. The van der Waals surface area contributed by atoms with Crippen LogP contribution in [0.15, 0.2) is 112 Å². The molecule has 2 heterocycles. The van der Waals surface area contributed by atoms with Gasteiger partial charge < -0.3 is 8.83 Å². The van der Waals surface area contributed by atoms with Gasteiger partial charge in [0.2, 0.25) is 0 Å². The van der Waals surface area contributed by atoms with Crippen molar-refractivity contribution in [1.82, 2.24) is 0 Å². The molecule has 156 valence electrons. The summed E-state index contributed by atoms with van der Waals surface area (Å²) in [7, 11) is 0. The van der Waals surface area contributed by atoms with Crippen LogP contribution in [0.3, 0.4) is 0 Å². The quantitative estimate of drug-likeness (QED) is 0.256. The van der Waals surface area contributed by atoms with Crippen LogP contribution in [0.4, 0.5) is 0 Å². The van der Waals surface area contributed by atoms with E-state index in [1.807, 2.05) is 0 Å². The van der Waals surface area contributed by atoms with Gasteiger partial charge in [-0.05, 0) is 41.3 Å². The maximum Gasteiger partial charge on any atom is 0.144 e. The van der Waals surface area contributed by atoms with Crippen molar-refractivity contribution in [2.45, 2.75) is 0 Å². The molecule has 0 fully saturated rings. The van der Waals surface area contributed by atoms with Crippen molar-refractivity contribution in [3.05, 3.63) is 108 Å². The molecule has 33 heavy (non-hydrogen) atoms. The highest BCUT2D eigenvalue weighted by Gasteiger charge is 2.16. The Morgan fingerprint density at radius 2 is 1.15 bits per heavy atom. The van der Waals surface area contributed by atoms with Gasteiger partial charge >= 0.3 is 0 Å². The predicted octanol–water partition coefficient (Wildman–Crippen LogP) is 9.47. The van der Waals surface area contributed by atoms with E-state index >= 15 is 0 Å². The van der Waals surface area contributed by atoms with E-state index in [2.05, 4.69) is 0 Å². The van der Waals surface area contributed by atoms with Crippen molar-refractivity contribution in [2.75, 3.05) is 0 Å². The zero-order valence-corrected chi connectivity index (χ0v) is 17.0. The second-order valence-electron chi connectivity index (χ2n) is 6.96. The molecule has 7 aromatic rings. The first-order valence-corrected chi connectivity index (χ1v) is 9.88. The molecule has 0 bridgehead atoms. The predicted molar refractivity (Wildman–Crippen MR) is 137 cm³/mol. The first kappa shape index (κ1) is 8.40. The van der Waals surface area contributed by atoms with Crippen molar-refractivity contribution in [3.63, 3.8) is 0 Å². The fourth-order valence-electron chi connectivity index (χ4n) is 3.72. The van der Waals surface area contributed by atoms with Gasteiger partial charge in [0.15, 0.2) is 0 Å². The Kier molecular flexibility index (Phi) is 1.78. The molecule has 0 saturated carbocycles. The molecular formula is C30H17ClO2. The largest absolute Gasteiger partial charge is 0.455 e. The summed E-state index contributed by atoms with van der Waals surface area (Å²) in [6.07, 6.45) is 0. The molecular weight excluding hydrogens is 428 g/mol. The first-order chi connectivity index (χ1) is 23.4. The number of furan rings is 2. The molecule has 2 aromatic heterocycles. The van der Waals surface area contributed by atoms with Gasteiger partial charge in [-0.15, -0.1) is 0 Å². The second kappa shape index (κ2) is 6.99. The fraction of sp³-hybridized carbons (Fsp3) is 0. The first-order valence-electron chi connectivity index (χ1n) is 18.0. The lowest BCUT2D eigenvalue weighted by Crippen LogP contribution is -1.83. The minimum absolute atomic E-state index is 0.234. The van der Waals surface area contributed by atoms with E-state index < -0.39 is 152 Å². The topological polar surface area (TPSA) is 26.3 Å². The highest BCUT2D eigenvalue weighted by molar-refractivity contribution is 6.38. The molecule has 0 saturated heterocycles. The van der Waals surface area contributed by atoms with Gasteiger partial charge in [-0.25, -0.2) is 0 Å². The minimum atomic E-state index is -0.852. The third-order valence-electron chi connectivity index (χ3n) is 5.14. The van der Waals surface area contributed by atoms with Gasteiger partial charge in [-0.1, -0.05) is 84.1 Å². The molecule has 0 aliphatic heterocycles. The van der Waals surface area contributed by atoms with Crippen molar-refractivity contribution in [1.29, 1.82) is 0 Å². The van der Waals surface area contributed by atoms with E-state index in [1.165, 1.54) is 0 Å². The van der Waals surface area contributed by atoms with Crippen molar-refractivity contribution >= 4 is 55.5 Å². The molecule has 3 heteroatoms. The third-order valence-corrected chi connectivity index (χ3v) is 5.42. The number of hydrogen-bond donors (Lipinski definition) is 0. The van der Waals surface area contributed by atoms with Crippen LogP contribution in [0, 0.1) is 0 Å². The Morgan fingerprint density at radius 3 is 1.97 bits per heavy atom. The highest BCUT2D eigenvalue weighted by Crippen LogP contribution is 2.41. The third kappa shape index (κ3) is 2.75. The Bertz CT molecular complexity index is 2570. The van der Waals surface area contributed by atoms with Gasteiger partial charge in [-0.3, -0.25) is 0 Å². The van der Waals surface area contributed by atoms with Crippen LogP contribution in [0.5, 0.6) is 0 Å². The number of hydrogen-bond acceptors (Lipinski definition) is 2. The van der Waals surface area contributed by atoms with Crippen LogP contribution in [-0.4, -0.2) is 0 Å². The van der Waals surface area contributed by atoms with Crippen LogP contribution < -0.4 is 0 Å². The van der Waals surface area contributed by atoms with E-state index in [0.717, 1.165) is 0 Å². The highest BCUT2D eigenvalue weighted by atomic mass is 35.5. The SMILES string of the molecule is [2H]c1c([2H])c(-c2c([2H])c([2H])c([2H])c3c2oc2c([2H])c([2H])c([2H])c([2H])c23)c([2H])c(-c2c([2H])c([2H])c(Cl)c3c2oc2c([2H])c([2H])c([2H])c([2H])c23)c1[2H]. The lowest BCUT2D eigenvalue weighted by molar-refractivity contribution is 0.670. The summed E-state index contributed by atoms with van der Waals surface area (Å²) in [4.78, 5) is 0. The second-order valence-corrected chi connectivity index (χ2v) is 7.34. The van der Waals surface area contributed by atoms with Gasteiger partial charge in [-0.2, -0.15) is 0 Å². The molecule has 7 rings (SSSR count). The average molecular weight is 462 g/mol. The molecule has 0 unspecified atom stereocenters. The maximum atomic E-state index is 9.32. The van der Waals surface area contributed by atoms with E-state index in [9.17, 15) is 1.37 Å². The van der Waals surface area contributed by atoms with E-state index in [4.69, 9.17) is 42.4 Å². The summed E-state index contributed by atoms with van der Waals surface area (Å²) in [6, 6.07) is -12.0. The number of halogens is 1. The van der Waals surface area contributed by atoms with Gasteiger partial charge in [0.05, 0.1) is 28.3 Å².